The van der Waals surface area contributed by atoms with Crippen molar-refractivity contribution in [3.8, 4) is 0 Å². The van der Waals surface area contributed by atoms with E-state index in [0.717, 1.165) is 5.56 Å². The van der Waals surface area contributed by atoms with Gasteiger partial charge in [-0.25, -0.2) is 0 Å². The molecule has 21 heavy (non-hydrogen) atoms. The van der Waals surface area contributed by atoms with Crippen LogP contribution in [0.4, 0.5) is 0 Å². The zero-order chi connectivity index (χ0) is 15.1. The van der Waals surface area contributed by atoms with Gasteiger partial charge in [-0.2, -0.15) is 0 Å². The molecule has 0 fully saturated rings. The molecule has 2 unspecified atom stereocenters. The van der Waals surface area contributed by atoms with E-state index in [9.17, 15) is 9.59 Å². The molecule has 1 aromatic rings. The Morgan fingerprint density at radius 3 is 2.33 bits per heavy atom. The van der Waals surface area contributed by atoms with Crippen molar-refractivity contribution in [3.63, 3.8) is 0 Å². The quantitative estimate of drug-likeness (QED) is 0.699. The Balaban J connectivity index is 0.00000400. The molecule has 0 aliphatic carbocycles. The number of likely N-dealkylation sites (N-methyl/N-ethyl adjacent to an activating group) is 1. The minimum Gasteiger partial charge on any atom is -0.644 e. The number of amides is 1. The van der Waals surface area contributed by atoms with Crippen LogP contribution in [0.25, 0.3) is 5.32 Å². The van der Waals surface area contributed by atoms with Crippen molar-refractivity contribution in [1.82, 2.24) is 5.32 Å². The van der Waals surface area contributed by atoms with Gasteiger partial charge < -0.3 is 20.2 Å². The number of Topliss-reactive ketones (excluding diaryl/α,β-unsaturated/α-hetero) is 1. The Bertz CT molecular complexity index is 465. The van der Waals surface area contributed by atoms with Gasteiger partial charge in [0.2, 0.25) is 0 Å². The van der Waals surface area contributed by atoms with Crippen molar-refractivity contribution < 1.29 is 61.0 Å². The fourth-order valence-electron chi connectivity index (χ4n) is 1.72. The molecule has 0 bridgehead atoms. The summed E-state index contributed by atoms with van der Waals surface area (Å²) >= 11 is 5.84. The van der Waals surface area contributed by atoms with E-state index in [1.165, 1.54) is 6.92 Å². The van der Waals surface area contributed by atoms with Crippen molar-refractivity contribution in [2.75, 3.05) is 6.54 Å². The van der Waals surface area contributed by atoms with Gasteiger partial charge in [0.1, 0.15) is 5.78 Å². The third-order valence-electron chi connectivity index (χ3n) is 3.01. The number of nitrogens with zero attached hydrogens (tertiary/aromatic N) is 1. The predicted molar refractivity (Wildman–Crippen MR) is 81.1 cm³/mol. The number of benzene rings is 1. The molecule has 1 aromatic carbocycles. The Morgan fingerprint density at radius 1 is 1.29 bits per heavy atom. The second kappa shape index (κ2) is 10.9. The molecule has 0 aliphatic heterocycles. The molecule has 2 atom stereocenters. The van der Waals surface area contributed by atoms with Crippen LogP contribution in [0.3, 0.4) is 0 Å². The van der Waals surface area contributed by atoms with Gasteiger partial charge in [-0.3, -0.25) is 0 Å². The zero-order valence-electron chi connectivity index (χ0n) is 13.0. The SMILES string of the molecule is CCNC(Cc1ccc(Cl)cc1)C(=O)[N-]C(C)C(C)=O.[K+]. The van der Waals surface area contributed by atoms with Gasteiger partial charge in [0.25, 0.3) is 0 Å². The van der Waals surface area contributed by atoms with E-state index in [1.807, 2.05) is 19.1 Å². The summed E-state index contributed by atoms with van der Waals surface area (Å²) in [5.41, 5.74) is 0.999. The average Bonchev–Trinajstić information content (AvgIpc) is 2.40. The predicted octanol–water partition coefficient (Wildman–Crippen LogP) is -0.258. The van der Waals surface area contributed by atoms with Crippen LogP contribution in [0, 0.1) is 0 Å². The molecule has 0 heterocycles. The fraction of sp³-hybridized carbons (Fsp3) is 0.467. The van der Waals surface area contributed by atoms with Crippen molar-refractivity contribution >= 4 is 23.3 Å². The van der Waals surface area contributed by atoms with Crippen molar-refractivity contribution in [1.29, 1.82) is 0 Å². The fourth-order valence-corrected chi connectivity index (χ4v) is 1.85. The number of hydrogen-bond acceptors (Lipinski definition) is 3. The van der Waals surface area contributed by atoms with Crippen molar-refractivity contribution in [2.45, 2.75) is 39.3 Å². The normalized spacial score (nSPS) is 13.0. The maximum atomic E-state index is 12.1. The van der Waals surface area contributed by atoms with E-state index in [1.54, 1.807) is 19.1 Å². The number of carbonyl (C=O) groups is 2. The summed E-state index contributed by atoms with van der Waals surface area (Å²) < 4.78 is 0. The standard InChI is InChI=1S/C15H21ClN2O2.K/c1-4-17-14(15(20)18-10(2)11(3)19)9-12-5-7-13(16)8-6-12;/h5-8,10,14,17H,4,9H2,1-3H3,(H,18,20);/q;+1/p-1. The third kappa shape index (κ3) is 7.88. The molecule has 0 aliphatic rings. The largest absolute Gasteiger partial charge is 1.00 e. The second-order valence-corrected chi connectivity index (χ2v) is 5.13. The van der Waals surface area contributed by atoms with E-state index < -0.39 is 12.1 Å². The molecule has 1 rings (SSSR count). The van der Waals surface area contributed by atoms with Crippen LogP contribution >= 0.6 is 11.6 Å². The molecule has 0 saturated carbocycles. The Kier molecular flexibility index (Phi) is 11.0. The Morgan fingerprint density at radius 2 is 1.86 bits per heavy atom. The van der Waals surface area contributed by atoms with Gasteiger partial charge in [-0.15, -0.1) is 0 Å². The van der Waals surface area contributed by atoms with Crippen LogP contribution in [0.5, 0.6) is 0 Å². The van der Waals surface area contributed by atoms with Gasteiger partial charge >= 0.3 is 51.4 Å². The van der Waals surface area contributed by atoms with Crippen molar-refractivity contribution in [3.05, 3.63) is 40.2 Å². The van der Waals surface area contributed by atoms with E-state index in [-0.39, 0.29) is 63.1 Å². The smallest absolute Gasteiger partial charge is 0.644 e. The zero-order valence-corrected chi connectivity index (χ0v) is 16.9. The Labute approximate surface area is 173 Å². The van der Waals surface area contributed by atoms with Crippen LogP contribution < -0.4 is 56.7 Å². The monoisotopic (exact) mass is 334 g/mol. The maximum Gasteiger partial charge on any atom is 1.00 e. The first kappa shape index (κ1) is 21.2. The minimum absolute atomic E-state index is 0. The topological polar surface area (TPSA) is 60.3 Å². The third-order valence-corrected chi connectivity index (χ3v) is 3.26. The second-order valence-electron chi connectivity index (χ2n) is 4.69. The summed E-state index contributed by atoms with van der Waals surface area (Å²) in [5.74, 6) is -0.399. The Hall–Kier alpha value is 0.246. The molecule has 110 valence electrons. The first-order valence-electron chi connectivity index (χ1n) is 6.67. The molecular weight excluding hydrogens is 315 g/mol. The minimum atomic E-state index is -0.589. The van der Waals surface area contributed by atoms with E-state index in [0.29, 0.717) is 18.0 Å². The molecule has 0 spiro atoms. The summed E-state index contributed by atoms with van der Waals surface area (Å²) in [4.78, 5) is 23.3. The molecule has 1 N–H and O–H groups in total. The number of nitrogens with one attached hydrogen (secondary N) is 1. The molecule has 6 heteroatoms. The molecule has 0 saturated heterocycles. The van der Waals surface area contributed by atoms with Gasteiger partial charge in [0, 0.05) is 5.02 Å². The summed E-state index contributed by atoms with van der Waals surface area (Å²) in [6.07, 6.45) is 0.526. The number of halogens is 1. The molecule has 0 radical (unpaired) electrons. The van der Waals surface area contributed by atoms with Crippen LogP contribution in [0.15, 0.2) is 24.3 Å². The summed E-state index contributed by atoms with van der Waals surface area (Å²) in [6.45, 7) is 5.65. The van der Waals surface area contributed by atoms with Crippen molar-refractivity contribution in [2.24, 2.45) is 0 Å². The van der Waals surface area contributed by atoms with Crippen LogP contribution in [-0.4, -0.2) is 30.3 Å². The van der Waals surface area contributed by atoms with Gasteiger partial charge in [-0.05, 0) is 37.6 Å². The molecule has 1 amide bonds. The van der Waals surface area contributed by atoms with Crippen LogP contribution in [0.2, 0.25) is 5.02 Å². The van der Waals surface area contributed by atoms with E-state index in [2.05, 4.69) is 10.6 Å². The summed E-state index contributed by atoms with van der Waals surface area (Å²) in [6, 6.07) is 6.35. The first-order valence-corrected chi connectivity index (χ1v) is 7.04. The van der Waals surface area contributed by atoms with Gasteiger partial charge in [0.15, 0.2) is 0 Å². The summed E-state index contributed by atoms with van der Waals surface area (Å²) in [7, 11) is 0. The number of carbonyl (C=O) groups excluding carboxylic acids is 2. The number of rotatable bonds is 7. The first-order chi connectivity index (χ1) is 9.43. The van der Waals surface area contributed by atoms with Gasteiger partial charge in [-0.1, -0.05) is 43.6 Å². The number of ketones is 1. The molecule has 0 aromatic heterocycles. The van der Waals surface area contributed by atoms with Crippen LogP contribution in [-0.2, 0) is 16.0 Å². The van der Waals surface area contributed by atoms with E-state index in [4.69, 9.17) is 11.6 Å². The number of hydrogen-bond donors (Lipinski definition) is 1. The summed E-state index contributed by atoms with van der Waals surface area (Å²) in [5, 5.41) is 7.70. The molecule has 4 nitrogen and oxygen atoms in total. The average molecular weight is 335 g/mol. The van der Waals surface area contributed by atoms with Gasteiger partial charge in [0.05, 0.1) is 11.9 Å². The maximum absolute atomic E-state index is 12.1. The molecular formula is C15H20ClKN2O2. The van der Waals surface area contributed by atoms with E-state index >= 15 is 0 Å². The van der Waals surface area contributed by atoms with Crippen LogP contribution in [0.1, 0.15) is 26.3 Å².